The van der Waals surface area contributed by atoms with Gasteiger partial charge in [0.15, 0.2) is 6.29 Å². The first-order valence-corrected chi connectivity index (χ1v) is 8.46. The first-order chi connectivity index (χ1) is 12.1. The van der Waals surface area contributed by atoms with Crippen molar-refractivity contribution in [3.05, 3.63) is 41.0 Å². The van der Waals surface area contributed by atoms with Crippen molar-refractivity contribution in [2.24, 2.45) is 5.73 Å². The molecule has 0 bridgehead atoms. The Hall–Kier alpha value is -2.38. The third-order valence-corrected chi connectivity index (χ3v) is 4.30. The van der Waals surface area contributed by atoms with Gasteiger partial charge < -0.3 is 15.2 Å². The first-order valence-electron chi connectivity index (χ1n) is 8.46. The Bertz CT molecular complexity index is 667. The predicted molar refractivity (Wildman–Crippen MR) is 90.0 cm³/mol. The van der Waals surface area contributed by atoms with E-state index in [1.54, 1.807) is 6.08 Å². The lowest BCUT2D eigenvalue weighted by atomic mass is 10.1. The van der Waals surface area contributed by atoms with Gasteiger partial charge in [-0.3, -0.25) is 4.79 Å². The van der Waals surface area contributed by atoms with E-state index in [0.29, 0.717) is 6.61 Å². The monoisotopic (exact) mass is 346 g/mol. The summed E-state index contributed by atoms with van der Waals surface area (Å²) in [5.74, 6) is -0.343. The summed E-state index contributed by atoms with van der Waals surface area (Å²) in [4.78, 5) is 28.0. The minimum Gasteiger partial charge on any atom is -0.441 e. The summed E-state index contributed by atoms with van der Waals surface area (Å²) in [6.45, 7) is 0.659. The largest absolute Gasteiger partial charge is 0.441 e. The van der Waals surface area contributed by atoms with E-state index in [1.807, 2.05) is 18.2 Å². The average Bonchev–Trinajstić information content (AvgIpc) is 3.00. The van der Waals surface area contributed by atoms with E-state index < -0.39 is 6.09 Å². The summed E-state index contributed by atoms with van der Waals surface area (Å²) in [6, 6.07) is 5.75. The van der Waals surface area contributed by atoms with Gasteiger partial charge in [0.05, 0.1) is 0 Å². The number of nitrogens with two attached hydrogens (primary N) is 1. The van der Waals surface area contributed by atoms with E-state index in [-0.39, 0.29) is 18.3 Å². The number of amides is 2. The van der Waals surface area contributed by atoms with Crippen molar-refractivity contribution in [2.45, 2.75) is 44.5 Å². The number of ether oxygens (including phenoxy) is 2. The molecule has 1 aromatic carbocycles. The van der Waals surface area contributed by atoms with Crippen molar-refractivity contribution in [3.63, 3.8) is 0 Å². The van der Waals surface area contributed by atoms with E-state index in [1.165, 1.54) is 6.08 Å². The first kappa shape index (κ1) is 17.4. The lowest BCUT2D eigenvalue weighted by Gasteiger charge is -2.21. The Balaban J connectivity index is 1.53. The van der Waals surface area contributed by atoms with Crippen LogP contribution in [0.4, 0.5) is 4.79 Å². The van der Waals surface area contributed by atoms with Gasteiger partial charge in [0.2, 0.25) is 0 Å². The molecule has 1 aliphatic heterocycles. The van der Waals surface area contributed by atoms with Crippen LogP contribution in [-0.4, -0.2) is 24.9 Å². The number of nitrogens with one attached hydrogen (secondary N) is 1. The van der Waals surface area contributed by atoms with Crippen molar-refractivity contribution in [3.8, 4) is 0 Å². The van der Waals surface area contributed by atoms with E-state index in [2.05, 4.69) is 5.48 Å². The predicted octanol–water partition coefficient (Wildman–Crippen LogP) is 2.36. The fraction of sp³-hybridized carbons (Fsp3) is 0.444. The standard InChI is InChI=1S/C18H22N2O5/c19-18(22)24-15-8-6-13-11-12(4-7-14(13)15)5-9-16(21)20-25-17-3-1-2-10-23-17/h4-5,7,9,11,15,17H,1-3,6,8,10H2,(H2,19,22)(H,20,21)/b9-5+. The van der Waals surface area contributed by atoms with Gasteiger partial charge in [0.25, 0.3) is 5.91 Å². The lowest BCUT2D eigenvalue weighted by molar-refractivity contribution is -0.198. The molecule has 7 heteroatoms. The number of primary amides is 1. The van der Waals surface area contributed by atoms with E-state index in [0.717, 1.165) is 48.8 Å². The number of rotatable bonds is 5. The molecule has 0 radical (unpaired) electrons. The number of carbonyl (C=O) groups excluding carboxylic acids is 2. The molecule has 2 aliphatic rings. The molecule has 7 nitrogen and oxygen atoms in total. The van der Waals surface area contributed by atoms with Crippen LogP contribution < -0.4 is 11.2 Å². The third kappa shape index (κ3) is 4.80. The molecule has 2 unspecified atom stereocenters. The summed E-state index contributed by atoms with van der Waals surface area (Å²) in [5.41, 5.74) is 10.4. The number of aryl methyl sites for hydroxylation is 1. The molecule has 2 atom stereocenters. The SMILES string of the molecule is NC(=O)OC1CCc2cc(/C=C/C(=O)NOC3CCCCO3)ccc21. The molecule has 0 aromatic heterocycles. The highest BCUT2D eigenvalue weighted by atomic mass is 16.8. The molecule has 1 heterocycles. The van der Waals surface area contributed by atoms with Crippen LogP contribution >= 0.6 is 0 Å². The number of benzene rings is 1. The number of hydrogen-bond donors (Lipinski definition) is 2. The zero-order valence-electron chi connectivity index (χ0n) is 13.9. The fourth-order valence-corrected chi connectivity index (χ4v) is 3.10. The molecule has 1 aliphatic carbocycles. The van der Waals surface area contributed by atoms with Crippen molar-refractivity contribution >= 4 is 18.1 Å². The molecule has 1 saturated heterocycles. The number of fused-ring (bicyclic) bond motifs is 1. The number of hydrogen-bond acceptors (Lipinski definition) is 5. The van der Waals surface area contributed by atoms with Gasteiger partial charge >= 0.3 is 6.09 Å². The zero-order chi connectivity index (χ0) is 17.6. The molecular formula is C18H22N2O5. The van der Waals surface area contributed by atoms with Crippen LogP contribution in [-0.2, 0) is 25.5 Å². The molecule has 25 heavy (non-hydrogen) atoms. The van der Waals surface area contributed by atoms with Crippen LogP contribution in [0, 0.1) is 0 Å². The highest BCUT2D eigenvalue weighted by Gasteiger charge is 2.25. The lowest BCUT2D eigenvalue weighted by Crippen LogP contribution is -2.32. The average molecular weight is 346 g/mol. The quantitative estimate of drug-likeness (QED) is 0.630. The van der Waals surface area contributed by atoms with Crippen molar-refractivity contribution in [2.75, 3.05) is 6.61 Å². The van der Waals surface area contributed by atoms with E-state index in [9.17, 15) is 9.59 Å². The topological polar surface area (TPSA) is 99.9 Å². The second-order valence-corrected chi connectivity index (χ2v) is 6.14. The summed E-state index contributed by atoms with van der Waals surface area (Å²) < 4.78 is 10.5. The second kappa shape index (κ2) is 8.13. The van der Waals surface area contributed by atoms with Crippen LogP contribution in [0.3, 0.4) is 0 Å². The molecule has 2 amide bonds. The van der Waals surface area contributed by atoms with Crippen molar-refractivity contribution in [1.29, 1.82) is 0 Å². The van der Waals surface area contributed by atoms with Gasteiger partial charge in [-0.05, 0) is 48.4 Å². The van der Waals surface area contributed by atoms with Crippen LogP contribution in [0.5, 0.6) is 0 Å². The smallest absolute Gasteiger partial charge is 0.405 e. The normalized spacial score (nSPS) is 22.6. The van der Waals surface area contributed by atoms with Crippen molar-refractivity contribution < 1.29 is 23.9 Å². The second-order valence-electron chi connectivity index (χ2n) is 6.14. The van der Waals surface area contributed by atoms with Crippen LogP contribution in [0.2, 0.25) is 0 Å². The van der Waals surface area contributed by atoms with Crippen LogP contribution in [0.15, 0.2) is 24.3 Å². The van der Waals surface area contributed by atoms with Gasteiger partial charge in [-0.1, -0.05) is 18.2 Å². The molecule has 0 spiro atoms. The van der Waals surface area contributed by atoms with E-state index >= 15 is 0 Å². The molecule has 3 rings (SSSR count). The van der Waals surface area contributed by atoms with E-state index in [4.69, 9.17) is 20.0 Å². The van der Waals surface area contributed by atoms with Gasteiger partial charge in [0.1, 0.15) is 6.10 Å². The molecular weight excluding hydrogens is 324 g/mol. The summed E-state index contributed by atoms with van der Waals surface area (Å²) in [5, 5.41) is 0. The molecule has 1 aromatic rings. The third-order valence-electron chi connectivity index (χ3n) is 4.30. The van der Waals surface area contributed by atoms with Gasteiger partial charge in [-0.15, -0.1) is 0 Å². The fourth-order valence-electron chi connectivity index (χ4n) is 3.10. The van der Waals surface area contributed by atoms with Crippen LogP contribution in [0.25, 0.3) is 6.08 Å². The number of carbonyl (C=O) groups is 2. The highest BCUT2D eigenvalue weighted by molar-refractivity contribution is 5.91. The molecule has 1 fully saturated rings. The Kier molecular flexibility index (Phi) is 5.67. The summed E-state index contributed by atoms with van der Waals surface area (Å²) in [7, 11) is 0. The Morgan fingerprint density at radius 2 is 2.16 bits per heavy atom. The van der Waals surface area contributed by atoms with Gasteiger partial charge in [-0.2, -0.15) is 0 Å². The molecule has 0 saturated carbocycles. The Morgan fingerprint density at radius 3 is 2.92 bits per heavy atom. The van der Waals surface area contributed by atoms with Gasteiger partial charge in [-0.25, -0.2) is 15.1 Å². The molecule has 134 valence electrons. The minimum atomic E-state index is -0.763. The highest BCUT2D eigenvalue weighted by Crippen LogP contribution is 2.34. The summed E-state index contributed by atoms with van der Waals surface area (Å²) >= 11 is 0. The Labute approximate surface area is 146 Å². The maximum absolute atomic E-state index is 11.8. The maximum Gasteiger partial charge on any atom is 0.405 e. The van der Waals surface area contributed by atoms with Crippen LogP contribution in [0.1, 0.15) is 48.5 Å². The summed E-state index contributed by atoms with van der Waals surface area (Å²) in [6.07, 6.45) is 6.09. The zero-order valence-corrected chi connectivity index (χ0v) is 13.9. The minimum absolute atomic E-state index is 0.280. The maximum atomic E-state index is 11.8. The Morgan fingerprint density at radius 1 is 1.28 bits per heavy atom. The van der Waals surface area contributed by atoms with Crippen molar-refractivity contribution in [1.82, 2.24) is 5.48 Å². The number of hydroxylamine groups is 1. The molecule has 3 N–H and O–H groups in total. The van der Waals surface area contributed by atoms with Gasteiger partial charge in [0, 0.05) is 19.1 Å².